The molecule has 5 heterocycles. The number of anilines is 4. The molecule has 0 unspecified atom stereocenters. The van der Waals surface area contributed by atoms with Crippen molar-refractivity contribution in [3.05, 3.63) is 65.1 Å². The molecule has 0 radical (unpaired) electrons. The second kappa shape index (κ2) is 11.3. The van der Waals surface area contributed by atoms with Crippen LogP contribution in [0.5, 0.6) is 11.5 Å². The predicted octanol–water partition coefficient (Wildman–Crippen LogP) is 3.94. The van der Waals surface area contributed by atoms with Crippen LogP contribution >= 0.6 is 0 Å². The van der Waals surface area contributed by atoms with Gasteiger partial charge in [-0.1, -0.05) is 12.2 Å². The van der Waals surface area contributed by atoms with Gasteiger partial charge in [-0.15, -0.1) is 0 Å². The van der Waals surface area contributed by atoms with Gasteiger partial charge >= 0.3 is 0 Å². The van der Waals surface area contributed by atoms with Crippen LogP contribution in [0.15, 0.2) is 59.5 Å². The summed E-state index contributed by atoms with van der Waals surface area (Å²) in [6, 6.07) is 11.6. The van der Waals surface area contributed by atoms with Crippen molar-refractivity contribution in [1.82, 2.24) is 24.2 Å². The van der Waals surface area contributed by atoms with E-state index in [1.165, 1.54) is 0 Å². The molecule has 12 nitrogen and oxygen atoms in total. The van der Waals surface area contributed by atoms with Crippen molar-refractivity contribution in [1.29, 1.82) is 0 Å². The third kappa shape index (κ3) is 5.18. The van der Waals surface area contributed by atoms with E-state index < -0.39 is 5.60 Å². The molecule has 1 fully saturated rings. The molecule has 0 spiro atoms. The van der Waals surface area contributed by atoms with Crippen molar-refractivity contribution in [2.75, 3.05) is 62.0 Å². The summed E-state index contributed by atoms with van der Waals surface area (Å²) in [6.45, 7) is 8.38. The third-order valence-corrected chi connectivity index (χ3v) is 8.76. The summed E-state index contributed by atoms with van der Waals surface area (Å²) in [4.78, 5) is 42.9. The lowest BCUT2D eigenvalue weighted by atomic mass is 10.0. The highest BCUT2D eigenvalue weighted by atomic mass is 16.5. The average Bonchev–Trinajstić information content (AvgIpc) is 3.30. The van der Waals surface area contributed by atoms with Gasteiger partial charge in [-0.25, -0.2) is 14.3 Å². The number of aromatic nitrogens is 4. The molecule has 45 heavy (non-hydrogen) atoms. The monoisotopic (exact) mass is 610 g/mol. The number of likely N-dealkylation sites (N-methyl/N-ethyl adjacent to an activating group) is 1. The van der Waals surface area contributed by atoms with Crippen LogP contribution < -0.4 is 30.1 Å². The molecule has 0 saturated carbocycles. The molecule has 7 rings (SSSR count). The van der Waals surface area contributed by atoms with Crippen LogP contribution in [0.3, 0.4) is 0 Å². The molecule has 4 aromatic rings. The molecule has 234 valence electrons. The first-order valence-electron chi connectivity index (χ1n) is 15.4. The zero-order valence-electron chi connectivity index (χ0n) is 26.1. The van der Waals surface area contributed by atoms with E-state index in [-0.39, 0.29) is 11.5 Å². The summed E-state index contributed by atoms with van der Waals surface area (Å²) in [5.41, 5.74) is 2.49. The second-order valence-electron chi connectivity index (χ2n) is 12.3. The summed E-state index contributed by atoms with van der Waals surface area (Å²) in [6.07, 6.45) is 7.18. The Hall–Kier alpha value is -4.84. The van der Waals surface area contributed by atoms with E-state index in [1.807, 2.05) is 36.4 Å². The smallest absolute Gasteiger partial charge is 0.278 e. The van der Waals surface area contributed by atoms with Gasteiger partial charge < -0.3 is 29.5 Å². The molecule has 2 aromatic heterocycles. The standard InChI is InChI=1S/C33H38N8O4/c1-33(2)31(43)39-13-7-5-6-8-14-40-30(42)24-21-34-32(36-29(24)41(40)23-10-12-27(45-33)26(39)20-23)35-22-9-11-25(28(19-22)44-4)38-17-15-37(3)16-18-38/h6,8-12,19-21H,5,7,13-18H2,1-4H3,(H,34,35,36)/b8-6-. The lowest BCUT2D eigenvalue weighted by Crippen LogP contribution is -2.52. The molecule has 3 aliphatic heterocycles. The Labute approximate surface area is 261 Å². The maximum Gasteiger partial charge on any atom is 0.278 e. The molecule has 3 aliphatic rings. The van der Waals surface area contributed by atoms with Gasteiger partial charge in [0.15, 0.2) is 11.2 Å². The van der Waals surface area contributed by atoms with E-state index in [1.54, 1.807) is 41.4 Å². The minimum absolute atomic E-state index is 0.0918. The maximum atomic E-state index is 13.7. The zero-order valence-corrected chi connectivity index (χ0v) is 26.1. The van der Waals surface area contributed by atoms with Crippen LogP contribution in [0, 0.1) is 0 Å². The molecule has 1 N–H and O–H groups in total. The number of carbonyl (C=O) groups is 1. The van der Waals surface area contributed by atoms with Crippen molar-refractivity contribution >= 4 is 40.0 Å². The van der Waals surface area contributed by atoms with E-state index in [0.717, 1.165) is 56.1 Å². The summed E-state index contributed by atoms with van der Waals surface area (Å²) < 4.78 is 15.3. The number of methoxy groups -OCH3 is 1. The number of amides is 1. The minimum atomic E-state index is -0.969. The van der Waals surface area contributed by atoms with Gasteiger partial charge in [0.1, 0.15) is 16.9 Å². The van der Waals surface area contributed by atoms with Gasteiger partial charge in [0.05, 0.1) is 30.7 Å². The highest BCUT2D eigenvalue weighted by Crippen LogP contribution is 2.40. The SMILES string of the molecule is COc1cc(Nc2ncc3c(=O)n4n(c3n2)-c2ccc3c(c2)N(CCC/C=C\C4)C(=O)C(C)(C)O3)ccc1N1CCN(C)CC1. The van der Waals surface area contributed by atoms with Gasteiger partial charge in [0, 0.05) is 50.7 Å². The second-order valence-corrected chi connectivity index (χ2v) is 12.3. The normalized spacial score (nSPS) is 18.9. The lowest BCUT2D eigenvalue weighted by Gasteiger charge is -2.39. The molecule has 1 saturated heterocycles. The number of hydrogen-bond donors (Lipinski definition) is 1. The molecule has 2 aromatic carbocycles. The molecular weight excluding hydrogens is 572 g/mol. The number of fused-ring (bicyclic) bond motifs is 5. The summed E-state index contributed by atoms with van der Waals surface area (Å²) in [5, 5.41) is 3.71. The highest BCUT2D eigenvalue weighted by Gasteiger charge is 2.41. The molecule has 1 amide bonds. The zero-order chi connectivity index (χ0) is 31.3. The molecule has 2 bridgehead atoms. The van der Waals surface area contributed by atoms with E-state index in [9.17, 15) is 9.59 Å². The molecule has 0 aliphatic carbocycles. The largest absolute Gasteiger partial charge is 0.495 e. The van der Waals surface area contributed by atoms with Crippen molar-refractivity contribution in [3.63, 3.8) is 0 Å². The number of hydrogen-bond acceptors (Lipinski definition) is 9. The van der Waals surface area contributed by atoms with E-state index in [2.05, 4.69) is 39.3 Å². The highest BCUT2D eigenvalue weighted by molar-refractivity contribution is 6.02. The molecule has 0 atom stereocenters. The fourth-order valence-corrected chi connectivity index (χ4v) is 6.28. The van der Waals surface area contributed by atoms with Crippen LogP contribution in [-0.2, 0) is 11.3 Å². The fraction of sp³-hybridized carbons (Fsp3) is 0.394. The number of allylic oxidation sites excluding steroid dienone is 2. The topological polar surface area (TPSA) is 110 Å². The summed E-state index contributed by atoms with van der Waals surface area (Å²) >= 11 is 0. The van der Waals surface area contributed by atoms with Crippen LogP contribution in [0.25, 0.3) is 16.7 Å². The Balaban J connectivity index is 1.29. The molecular formula is C33H38N8O4. The fourth-order valence-electron chi connectivity index (χ4n) is 6.28. The van der Waals surface area contributed by atoms with Crippen LogP contribution in [0.1, 0.15) is 26.7 Å². The number of carbonyl (C=O) groups excluding carboxylic acids is 1. The average molecular weight is 611 g/mol. The lowest BCUT2D eigenvalue weighted by molar-refractivity contribution is -0.132. The summed E-state index contributed by atoms with van der Waals surface area (Å²) in [5.74, 6) is 1.65. The van der Waals surface area contributed by atoms with Gasteiger partial charge in [0.25, 0.3) is 11.5 Å². The predicted molar refractivity (Wildman–Crippen MR) is 175 cm³/mol. The van der Waals surface area contributed by atoms with Crippen molar-refractivity contribution in [3.8, 4) is 17.2 Å². The number of ether oxygens (including phenoxy) is 2. The third-order valence-electron chi connectivity index (χ3n) is 8.76. The van der Waals surface area contributed by atoms with Gasteiger partial charge in [0.2, 0.25) is 5.95 Å². The Morgan fingerprint density at radius 3 is 2.60 bits per heavy atom. The van der Waals surface area contributed by atoms with E-state index in [4.69, 9.17) is 14.5 Å². The Kier molecular flexibility index (Phi) is 7.23. The Morgan fingerprint density at radius 2 is 1.80 bits per heavy atom. The van der Waals surface area contributed by atoms with Crippen molar-refractivity contribution in [2.45, 2.75) is 38.8 Å². The Bertz CT molecular complexity index is 1870. The number of nitrogens with one attached hydrogen (secondary N) is 1. The van der Waals surface area contributed by atoms with Gasteiger partial charge in [-0.2, -0.15) is 4.98 Å². The van der Waals surface area contributed by atoms with E-state index in [0.29, 0.717) is 47.2 Å². The Morgan fingerprint density at radius 1 is 0.978 bits per heavy atom. The minimum Gasteiger partial charge on any atom is -0.495 e. The van der Waals surface area contributed by atoms with Crippen LogP contribution in [0.2, 0.25) is 0 Å². The number of benzene rings is 2. The van der Waals surface area contributed by atoms with Crippen LogP contribution in [0.4, 0.5) is 23.0 Å². The maximum absolute atomic E-state index is 13.7. The first kappa shape index (κ1) is 28.9. The van der Waals surface area contributed by atoms with Gasteiger partial charge in [-0.05, 0) is 64.1 Å². The van der Waals surface area contributed by atoms with Crippen molar-refractivity contribution < 1.29 is 14.3 Å². The van der Waals surface area contributed by atoms with Crippen molar-refractivity contribution in [2.24, 2.45) is 0 Å². The molecule has 12 heteroatoms. The first-order valence-corrected chi connectivity index (χ1v) is 15.4. The number of piperazine rings is 1. The number of rotatable bonds is 4. The number of nitrogens with zero attached hydrogens (tertiary/aromatic N) is 7. The van der Waals surface area contributed by atoms with Gasteiger partial charge in [-0.3, -0.25) is 9.59 Å². The van der Waals surface area contributed by atoms with Crippen LogP contribution in [-0.4, -0.2) is 82.6 Å². The first-order chi connectivity index (χ1) is 21.7. The quantitative estimate of drug-likeness (QED) is 0.344. The van der Waals surface area contributed by atoms with E-state index >= 15 is 0 Å². The summed E-state index contributed by atoms with van der Waals surface area (Å²) in [7, 11) is 3.81.